The number of cyclic esters (lactones) is 1. The highest BCUT2D eigenvalue weighted by molar-refractivity contribution is 5.72. The molecule has 0 aromatic rings. The van der Waals surface area contributed by atoms with Gasteiger partial charge >= 0.3 is 11.9 Å². The van der Waals surface area contributed by atoms with Gasteiger partial charge in [0.2, 0.25) is 0 Å². The Bertz CT molecular complexity index is 668. The summed E-state index contributed by atoms with van der Waals surface area (Å²) in [4.78, 5) is 24.1. The number of hydrogen-bond donors (Lipinski definition) is 2. The first-order valence-electron chi connectivity index (χ1n) is 10.9. The number of aliphatic hydroxyl groups excluding tert-OH is 2. The van der Waals surface area contributed by atoms with Crippen molar-refractivity contribution in [1.82, 2.24) is 0 Å². The summed E-state index contributed by atoms with van der Waals surface area (Å²) in [6.07, 6.45) is 7.31. The minimum absolute atomic E-state index is 0.0237. The number of aliphatic hydroxyl groups is 2. The van der Waals surface area contributed by atoms with Crippen molar-refractivity contribution in [2.45, 2.75) is 83.7 Å². The molecule has 0 saturated carbocycles. The summed E-state index contributed by atoms with van der Waals surface area (Å²) in [5.74, 6) is -0.203. The largest absolute Gasteiger partial charge is 0.462 e. The molecule has 162 valence electrons. The number of carbonyl (C=O) groups is 2. The van der Waals surface area contributed by atoms with Gasteiger partial charge in [-0.15, -0.1) is 0 Å². The topological polar surface area (TPSA) is 93.1 Å². The first-order valence-corrected chi connectivity index (χ1v) is 10.9. The van der Waals surface area contributed by atoms with Crippen LogP contribution < -0.4 is 0 Å². The fourth-order valence-electron chi connectivity index (χ4n) is 4.84. The van der Waals surface area contributed by atoms with Crippen LogP contribution in [0.5, 0.6) is 0 Å². The lowest BCUT2D eigenvalue weighted by atomic mass is 9.66. The second kappa shape index (κ2) is 9.43. The highest BCUT2D eigenvalue weighted by atomic mass is 16.6. The predicted octanol–water partition coefficient (Wildman–Crippen LogP) is 2.92. The molecule has 6 nitrogen and oxygen atoms in total. The fourth-order valence-corrected chi connectivity index (χ4v) is 4.84. The highest BCUT2D eigenvalue weighted by Crippen LogP contribution is 2.44. The average molecular weight is 407 g/mol. The average Bonchev–Trinajstić information content (AvgIpc) is 2.65. The van der Waals surface area contributed by atoms with Crippen molar-refractivity contribution in [1.29, 1.82) is 0 Å². The van der Waals surface area contributed by atoms with Crippen LogP contribution >= 0.6 is 0 Å². The van der Waals surface area contributed by atoms with Gasteiger partial charge < -0.3 is 19.7 Å². The Morgan fingerprint density at radius 1 is 1.31 bits per heavy atom. The van der Waals surface area contributed by atoms with Gasteiger partial charge in [0.05, 0.1) is 24.5 Å². The Balaban J connectivity index is 1.74. The van der Waals surface area contributed by atoms with Gasteiger partial charge in [-0.2, -0.15) is 0 Å². The molecule has 29 heavy (non-hydrogen) atoms. The number of ether oxygens (including phenoxy) is 2. The van der Waals surface area contributed by atoms with E-state index in [-0.39, 0.29) is 54.2 Å². The molecule has 1 aliphatic heterocycles. The van der Waals surface area contributed by atoms with E-state index in [2.05, 4.69) is 13.0 Å². The number of rotatable bonds is 6. The lowest BCUT2D eigenvalue weighted by Gasteiger charge is -2.43. The Morgan fingerprint density at radius 3 is 2.76 bits per heavy atom. The second-order valence-electron chi connectivity index (χ2n) is 8.95. The quantitative estimate of drug-likeness (QED) is 0.659. The Hall–Kier alpha value is -1.66. The SMILES string of the molecule is CC[C@H](C)C(=O)O[C@H]1C[C@@H](O)C=C2C=C[C@H](C)[C@H](CC[C@@H]3CC(O)CC(=O)O3)[C@H]21. The van der Waals surface area contributed by atoms with Crippen LogP contribution in [-0.2, 0) is 19.1 Å². The summed E-state index contributed by atoms with van der Waals surface area (Å²) in [5.41, 5.74) is 1.02. The molecule has 2 aliphatic carbocycles. The monoisotopic (exact) mass is 406 g/mol. The van der Waals surface area contributed by atoms with Crippen LogP contribution in [0.1, 0.15) is 59.3 Å². The molecular weight excluding hydrogens is 372 g/mol. The van der Waals surface area contributed by atoms with Crippen molar-refractivity contribution in [3.05, 3.63) is 23.8 Å². The molecule has 1 saturated heterocycles. The van der Waals surface area contributed by atoms with Gasteiger partial charge in [-0.3, -0.25) is 9.59 Å². The molecule has 3 aliphatic rings. The van der Waals surface area contributed by atoms with Crippen molar-refractivity contribution in [2.75, 3.05) is 0 Å². The van der Waals surface area contributed by atoms with E-state index in [9.17, 15) is 19.8 Å². The normalized spacial score (nSPS) is 37.9. The fraction of sp³-hybridized carbons (Fsp3) is 0.739. The summed E-state index contributed by atoms with van der Waals surface area (Å²) >= 11 is 0. The third-order valence-corrected chi connectivity index (χ3v) is 6.71. The first-order chi connectivity index (χ1) is 13.8. The van der Waals surface area contributed by atoms with Crippen molar-refractivity contribution in [2.24, 2.45) is 23.7 Å². The second-order valence-corrected chi connectivity index (χ2v) is 8.95. The Labute approximate surface area is 173 Å². The summed E-state index contributed by atoms with van der Waals surface area (Å²) in [5, 5.41) is 20.2. The molecule has 3 rings (SSSR count). The molecule has 0 radical (unpaired) electrons. The van der Waals surface area contributed by atoms with E-state index in [0.717, 1.165) is 18.4 Å². The van der Waals surface area contributed by atoms with Crippen LogP contribution in [0.25, 0.3) is 0 Å². The number of allylic oxidation sites excluding steroid dienone is 2. The molecule has 2 N–H and O–H groups in total. The van der Waals surface area contributed by atoms with Gasteiger partial charge in [-0.05, 0) is 36.7 Å². The van der Waals surface area contributed by atoms with Crippen LogP contribution in [0.15, 0.2) is 23.8 Å². The smallest absolute Gasteiger partial charge is 0.308 e. The van der Waals surface area contributed by atoms with Crippen LogP contribution in [0.3, 0.4) is 0 Å². The molecular formula is C23H34O6. The summed E-state index contributed by atoms with van der Waals surface area (Å²) in [7, 11) is 0. The zero-order valence-corrected chi connectivity index (χ0v) is 17.6. The Morgan fingerprint density at radius 2 is 2.07 bits per heavy atom. The lowest BCUT2D eigenvalue weighted by molar-refractivity contribution is -0.162. The van der Waals surface area contributed by atoms with E-state index in [1.165, 1.54) is 0 Å². The number of hydrogen-bond acceptors (Lipinski definition) is 6. The number of carbonyl (C=O) groups excluding carboxylic acids is 2. The summed E-state index contributed by atoms with van der Waals surface area (Å²) in [6.45, 7) is 5.97. The van der Waals surface area contributed by atoms with Crippen LogP contribution in [-0.4, -0.2) is 46.6 Å². The molecule has 1 heterocycles. The Kier molecular flexibility index (Phi) is 7.17. The minimum atomic E-state index is -0.630. The summed E-state index contributed by atoms with van der Waals surface area (Å²) < 4.78 is 11.3. The van der Waals surface area contributed by atoms with Gasteiger partial charge in [0.1, 0.15) is 12.2 Å². The molecule has 8 atom stereocenters. The summed E-state index contributed by atoms with van der Waals surface area (Å²) in [6, 6.07) is 0. The maximum absolute atomic E-state index is 12.5. The van der Waals surface area contributed by atoms with Gasteiger partial charge in [-0.1, -0.05) is 39.0 Å². The molecule has 0 amide bonds. The third-order valence-electron chi connectivity index (χ3n) is 6.71. The van der Waals surface area contributed by atoms with Crippen LogP contribution in [0.2, 0.25) is 0 Å². The highest BCUT2D eigenvalue weighted by Gasteiger charge is 2.42. The van der Waals surface area contributed by atoms with E-state index >= 15 is 0 Å². The molecule has 6 heteroatoms. The van der Waals surface area contributed by atoms with Crippen LogP contribution in [0, 0.1) is 23.7 Å². The van der Waals surface area contributed by atoms with Gasteiger partial charge in [0.15, 0.2) is 0 Å². The van der Waals surface area contributed by atoms with Crippen molar-refractivity contribution >= 4 is 11.9 Å². The zero-order valence-electron chi connectivity index (χ0n) is 17.6. The maximum atomic E-state index is 12.5. The molecule has 0 aromatic carbocycles. The van der Waals surface area contributed by atoms with E-state index in [0.29, 0.717) is 19.3 Å². The molecule has 0 aromatic heterocycles. The van der Waals surface area contributed by atoms with Crippen molar-refractivity contribution in [3.63, 3.8) is 0 Å². The van der Waals surface area contributed by atoms with E-state index in [1.54, 1.807) is 0 Å². The van der Waals surface area contributed by atoms with Crippen molar-refractivity contribution in [3.8, 4) is 0 Å². The van der Waals surface area contributed by atoms with E-state index in [1.807, 2.05) is 26.0 Å². The van der Waals surface area contributed by atoms with Gasteiger partial charge in [0.25, 0.3) is 0 Å². The van der Waals surface area contributed by atoms with Crippen LogP contribution in [0.4, 0.5) is 0 Å². The number of esters is 2. The number of fused-ring (bicyclic) bond motifs is 1. The maximum Gasteiger partial charge on any atom is 0.308 e. The van der Waals surface area contributed by atoms with E-state index < -0.39 is 12.2 Å². The third kappa shape index (κ3) is 5.28. The zero-order chi connectivity index (χ0) is 21.1. The molecule has 0 bridgehead atoms. The first kappa shape index (κ1) is 22.0. The van der Waals surface area contributed by atoms with Gasteiger partial charge in [-0.25, -0.2) is 0 Å². The minimum Gasteiger partial charge on any atom is -0.462 e. The van der Waals surface area contributed by atoms with Gasteiger partial charge in [0, 0.05) is 18.8 Å². The van der Waals surface area contributed by atoms with Crippen molar-refractivity contribution < 1.29 is 29.3 Å². The predicted molar refractivity (Wildman–Crippen MR) is 108 cm³/mol. The standard InChI is InChI=1S/C23H34O6/c1-4-13(2)23(27)29-20-11-16(24)9-15-6-5-14(3)19(22(15)20)8-7-18-10-17(25)12-21(26)28-18/h5-6,9,13-14,16-20,22,24-25H,4,7-8,10-12H2,1-3H3/t13-,14-,16-,17?,18+,19-,20-,22-/m0/s1. The van der Waals surface area contributed by atoms with E-state index in [4.69, 9.17) is 9.47 Å². The molecule has 1 unspecified atom stereocenters. The lowest BCUT2D eigenvalue weighted by Crippen LogP contribution is -2.43. The molecule has 1 fully saturated rings. The molecule has 0 spiro atoms.